The maximum absolute atomic E-state index is 12.7. The topological polar surface area (TPSA) is 113 Å². The Balaban J connectivity index is 0.000000409. The van der Waals surface area contributed by atoms with E-state index < -0.39 is 5.82 Å². The zero-order valence-corrected chi connectivity index (χ0v) is 13.0. The normalized spacial score (nSPS) is 12.3. The highest BCUT2D eigenvalue weighted by Gasteiger charge is 2.10. The van der Waals surface area contributed by atoms with Gasteiger partial charge in [0.15, 0.2) is 5.82 Å². The minimum atomic E-state index is -0.561. The molecule has 0 aliphatic heterocycles. The Morgan fingerprint density at radius 2 is 1.39 bits per heavy atom. The number of hydrogen-bond acceptors (Lipinski definition) is 4. The molecule has 126 valence electrons. The van der Waals surface area contributed by atoms with E-state index in [0.29, 0.717) is 0 Å². The van der Waals surface area contributed by atoms with Crippen molar-refractivity contribution in [3.8, 4) is 0 Å². The van der Waals surface area contributed by atoms with Crippen molar-refractivity contribution in [2.24, 2.45) is 11.5 Å². The van der Waals surface area contributed by atoms with E-state index in [1.165, 1.54) is 29.4 Å². The molecule has 0 aromatic heterocycles. The summed E-state index contributed by atoms with van der Waals surface area (Å²) in [5, 5.41) is 1.51. The van der Waals surface area contributed by atoms with Gasteiger partial charge in [-0.3, -0.25) is 0 Å². The molecular weight excluding hydrogens is 304 g/mol. The number of hydrogen-bond donors (Lipinski definition) is 3. The maximum atomic E-state index is 12.7. The first kappa shape index (κ1) is 20.8. The molecule has 23 heavy (non-hydrogen) atoms. The predicted octanol–water partition coefficient (Wildman–Crippen LogP) is 1.99. The van der Waals surface area contributed by atoms with Crippen molar-refractivity contribution in [2.75, 3.05) is 0 Å². The average Bonchev–Trinajstić information content (AvgIpc) is 2.48. The number of benzene rings is 2. The van der Waals surface area contributed by atoms with Crippen molar-refractivity contribution in [3.05, 3.63) is 70.1 Å². The lowest BCUT2D eigenvalue weighted by molar-refractivity contribution is -0.382. The van der Waals surface area contributed by atoms with Gasteiger partial charge < -0.3 is 16.9 Å². The van der Waals surface area contributed by atoms with Crippen molar-refractivity contribution in [1.82, 2.24) is 0 Å². The van der Waals surface area contributed by atoms with Crippen molar-refractivity contribution >= 4 is 5.69 Å². The van der Waals surface area contributed by atoms with Crippen LogP contribution in [0.2, 0.25) is 0 Å². The fourth-order valence-corrected chi connectivity index (χ4v) is 1.67. The summed E-state index contributed by atoms with van der Waals surface area (Å²) in [6, 6.07) is 10.2. The van der Waals surface area contributed by atoms with Crippen molar-refractivity contribution in [2.45, 2.75) is 25.9 Å². The van der Waals surface area contributed by atoms with Crippen LogP contribution in [-0.2, 0) is 0 Å². The van der Waals surface area contributed by atoms with Crippen molar-refractivity contribution in [1.29, 1.82) is 0 Å². The fraction of sp³-hybridized carbons (Fsp3) is 0.250. The lowest BCUT2D eigenvalue weighted by atomic mass is 10.1. The summed E-state index contributed by atoms with van der Waals surface area (Å²) >= 11 is 0. The standard InChI is InChI=1S/C8H9FN2O.C8H10FN.H2O/c1-5(10)6-2-3-7(9)8(4-6)11-12;1-6(10)7-2-4-8(9)5-3-7;/h2-5H,10H2,1H3;2-6H,10H2,1H3;1H2. The van der Waals surface area contributed by atoms with Gasteiger partial charge in [-0.05, 0) is 43.2 Å². The summed E-state index contributed by atoms with van der Waals surface area (Å²) in [6.45, 7) is 3.63. The molecule has 0 bridgehead atoms. The molecule has 0 aliphatic carbocycles. The molecule has 0 saturated heterocycles. The van der Waals surface area contributed by atoms with Crippen LogP contribution in [-0.4, -0.2) is 5.48 Å². The zero-order chi connectivity index (χ0) is 16.7. The van der Waals surface area contributed by atoms with E-state index in [9.17, 15) is 13.7 Å². The molecule has 7 heteroatoms. The molecule has 6 N–H and O–H groups in total. The molecule has 0 aliphatic rings. The predicted molar refractivity (Wildman–Crippen MR) is 83.9 cm³/mol. The molecule has 0 radical (unpaired) electrons. The molecule has 2 aromatic rings. The third-order valence-electron chi connectivity index (χ3n) is 3.02. The molecule has 2 aromatic carbocycles. The van der Waals surface area contributed by atoms with Gasteiger partial charge in [0.25, 0.3) is 5.69 Å². The van der Waals surface area contributed by atoms with Crippen LogP contribution in [0.25, 0.3) is 0 Å². The smallest absolute Gasteiger partial charge is 0.289 e. The molecule has 0 saturated carbocycles. The fourth-order valence-electron chi connectivity index (χ4n) is 1.67. The summed E-state index contributed by atoms with van der Waals surface area (Å²) in [5.41, 5.74) is 12.7. The average molecular weight is 325 g/mol. The van der Waals surface area contributed by atoms with E-state index in [1.807, 2.05) is 6.92 Å². The summed E-state index contributed by atoms with van der Waals surface area (Å²) in [6.07, 6.45) is 0. The van der Waals surface area contributed by atoms with Crippen molar-refractivity contribution in [3.63, 3.8) is 0 Å². The second kappa shape index (κ2) is 9.73. The highest BCUT2D eigenvalue weighted by Crippen LogP contribution is 2.15. The molecule has 0 fully saturated rings. The Labute approximate surface area is 133 Å². The molecule has 0 heterocycles. The van der Waals surface area contributed by atoms with E-state index >= 15 is 0 Å². The van der Waals surface area contributed by atoms with Crippen LogP contribution in [0.15, 0.2) is 42.5 Å². The van der Waals surface area contributed by atoms with Gasteiger partial charge in [-0.25, -0.2) is 4.39 Å². The zero-order valence-electron chi connectivity index (χ0n) is 13.0. The highest BCUT2D eigenvalue weighted by molar-refractivity contribution is 5.35. The Kier molecular flexibility index (Phi) is 8.79. The number of nitroso groups, excluding NO2 is 1. The first-order valence-corrected chi connectivity index (χ1v) is 6.79. The maximum Gasteiger partial charge on any atom is 0.289 e. The van der Waals surface area contributed by atoms with Crippen LogP contribution >= 0.6 is 0 Å². The largest absolute Gasteiger partial charge is 0.870 e. The van der Waals surface area contributed by atoms with Gasteiger partial charge in [-0.15, -0.1) is 0 Å². The molecular formula is C16H21F2N3O2. The van der Waals surface area contributed by atoms with Crippen LogP contribution in [0.3, 0.4) is 0 Å². The second-order valence-electron chi connectivity index (χ2n) is 4.97. The van der Waals surface area contributed by atoms with Crippen LogP contribution in [0.4, 0.5) is 14.5 Å². The minimum absolute atomic E-state index is 0. The summed E-state index contributed by atoms with van der Waals surface area (Å²) in [5.74, 6) is -0.779. The lowest BCUT2D eigenvalue weighted by Gasteiger charge is -2.02. The molecule has 5 nitrogen and oxygen atoms in total. The summed E-state index contributed by atoms with van der Waals surface area (Å²) in [7, 11) is 0. The third kappa shape index (κ3) is 6.60. The van der Waals surface area contributed by atoms with Gasteiger partial charge in [-0.1, -0.05) is 18.2 Å². The van der Waals surface area contributed by atoms with Crippen molar-refractivity contribution < 1.29 is 19.4 Å². The van der Waals surface area contributed by atoms with Gasteiger partial charge in [0.05, 0.1) is 0 Å². The number of rotatable bonds is 3. The number of halogens is 2. The highest BCUT2D eigenvalue weighted by atomic mass is 19.1. The van der Waals surface area contributed by atoms with E-state index in [1.54, 1.807) is 25.1 Å². The minimum Gasteiger partial charge on any atom is -0.870 e. The monoisotopic (exact) mass is 325 g/mol. The quantitative estimate of drug-likeness (QED) is 0.801. The van der Waals surface area contributed by atoms with Gasteiger partial charge in [-0.2, -0.15) is 4.39 Å². The Hall–Kier alpha value is -2.22. The second-order valence-corrected chi connectivity index (χ2v) is 4.97. The third-order valence-corrected chi connectivity index (χ3v) is 3.02. The summed E-state index contributed by atoms with van der Waals surface area (Å²) < 4.78 is 25.0. The van der Waals surface area contributed by atoms with E-state index in [-0.39, 0.29) is 29.1 Å². The molecule has 0 amide bonds. The van der Waals surface area contributed by atoms with Gasteiger partial charge >= 0.3 is 0 Å². The van der Waals surface area contributed by atoms with E-state index in [2.05, 4.69) is 0 Å². The van der Waals surface area contributed by atoms with Gasteiger partial charge in [0, 0.05) is 28.2 Å². The van der Waals surface area contributed by atoms with E-state index in [4.69, 9.17) is 11.5 Å². The van der Waals surface area contributed by atoms with E-state index in [0.717, 1.165) is 11.1 Å². The summed E-state index contributed by atoms with van der Waals surface area (Å²) in [4.78, 5) is 10.2. The first-order valence-electron chi connectivity index (χ1n) is 6.79. The van der Waals surface area contributed by atoms with Gasteiger partial charge in [0.2, 0.25) is 0 Å². The molecule has 0 spiro atoms. The molecule has 2 unspecified atom stereocenters. The van der Waals surface area contributed by atoms with Crippen LogP contribution in [0.1, 0.15) is 37.1 Å². The van der Waals surface area contributed by atoms with Crippen LogP contribution in [0.5, 0.6) is 0 Å². The van der Waals surface area contributed by atoms with Gasteiger partial charge in [0.1, 0.15) is 5.82 Å². The molecule has 2 atom stereocenters. The molecule has 2 rings (SSSR count). The number of nitrogens with one attached hydrogen (secondary N) is 1. The Bertz CT molecular complexity index is 617. The number of nitrogens with two attached hydrogens (primary N) is 2. The Morgan fingerprint density at radius 3 is 1.83 bits per heavy atom. The van der Waals surface area contributed by atoms with Crippen LogP contribution < -0.4 is 16.6 Å². The lowest BCUT2D eigenvalue weighted by Crippen LogP contribution is -2.56. The Morgan fingerprint density at radius 1 is 0.913 bits per heavy atom. The SMILES string of the molecule is CC(N)c1ccc(F)c([NH+]=O)c1.CC(N)c1ccc(F)cc1.[OH-]. The van der Waals surface area contributed by atoms with Crippen LogP contribution in [0, 0.1) is 16.5 Å². The first-order chi connectivity index (χ1) is 10.3.